The molecule has 0 spiro atoms. The number of methoxy groups -OCH3 is 1. The Bertz CT molecular complexity index is 375. The van der Waals surface area contributed by atoms with Crippen molar-refractivity contribution in [1.29, 1.82) is 0 Å². The van der Waals surface area contributed by atoms with Crippen LogP contribution in [0.2, 0.25) is 4.34 Å². The normalized spacial score (nSPS) is 9.64. The van der Waals surface area contributed by atoms with Gasteiger partial charge >= 0.3 is 5.97 Å². The van der Waals surface area contributed by atoms with Crippen molar-refractivity contribution < 1.29 is 14.3 Å². The molecular weight excluding hydrogens is 226 g/mol. The predicted octanol–water partition coefficient (Wildman–Crippen LogP) is 2.15. The fourth-order valence-electron chi connectivity index (χ4n) is 0.853. The minimum Gasteiger partial charge on any atom is -0.465 e. The Morgan fingerprint density at radius 2 is 2.21 bits per heavy atom. The maximum atomic E-state index is 11.1. The van der Waals surface area contributed by atoms with Crippen LogP contribution in [0.5, 0.6) is 0 Å². The average Bonchev–Trinajstić information content (AvgIpc) is 2.44. The number of halogens is 1. The van der Waals surface area contributed by atoms with E-state index in [0.717, 1.165) is 11.3 Å². The van der Waals surface area contributed by atoms with Gasteiger partial charge in [-0.3, -0.25) is 4.79 Å². The highest BCUT2D eigenvalue weighted by Gasteiger charge is 2.15. The molecule has 14 heavy (non-hydrogen) atoms. The van der Waals surface area contributed by atoms with E-state index in [-0.39, 0.29) is 11.5 Å². The molecule has 0 radical (unpaired) electrons. The zero-order valence-electron chi connectivity index (χ0n) is 7.59. The molecule has 4 nitrogen and oxygen atoms in total. The van der Waals surface area contributed by atoms with Crippen LogP contribution in [0.25, 0.3) is 0 Å². The van der Waals surface area contributed by atoms with Crippen LogP contribution in [0.3, 0.4) is 0 Å². The lowest BCUT2D eigenvalue weighted by molar-refractivity contribution is -0.114. The number of carbonyl (C=O) groups excluding carboxylic acids is 2. The minimum absolute atomic E-state index is 0.209. The molecule has 1 rings (SSSR count). The molecule has 0 saturated heterocycles. The molecule has 0 aliphatic heterocycles. The lowest BCUT2D eigenvalue weighted by Gasteiger charge is -1.94. The topological polar surface area (TPSA) is 55.4 Å². The molecule has 6 heteroatoms. The van der Waals surface area contributed by atoms with Gasteiger partial charge < -0.3 is 10.1 Å². The number of thiophene rings is 1. The fraction of sp³-hybridized carbons (Fsp3) is 0.250. The van der Waals surface area contributed by atoms with Crippen LogP contribution in [0, 0.1) is 0 Å². The Balaban J connectivity index is 2.93. The summed E-state index contributed by atoms with van der Waals surface area (Å²) in [5.74, 6) is -0.720. The second-order valence-corrected chi connectivity index (χ2v) is 4.13. The van der Waals surface area contributed by atoms with Crippen molar-refractivity contribution in [3.8, 4) is 0 Å². The maximum Gasteiger partial charge on any atom is 0.340 e. The summed E-state index contributed by atoms with van der Waals surface area (Å²) in [4.78, 5) is 21.8. The van der Waals surface area contributed by atoms with E-state index < -0.39 is 5.97 Å². The highest BCUT2D eigenvalue weighted by Crippen LogP contribution is 2.31. The maximum absolute atomic E-state index is 11.1. The molecule has 1 N–H and O–H groups in total. The summed E-state index contributed by atoms with van der Waals surface area (Å²) in [6.07, 6.45) is 0. The Morgan fingerprint density at radius 3 is 2.71 bits per heavy atom. The van der Waals surface area contributed by atoms with Gasteiger partial charge in [0.05, 0.1) is 17.7 Å². The standard InChI is InChI=1S/C8H8ClNO3S/c1-4(11)10-6-3-5(7(9)14-6)8(12)13-2/h3H,1-2H3,(H,10,11). The molecule has 0 aliphatic rings. The van der Waals surface area contributed by atoms with Crippen LogP contribution < -0.4 is 5.32 Å². The number of ether oxygens (including phenoxy) is 1. The molecule has 0 bridgehead atoms. The summed E-state index contributed by atoms with van der Waals surface area (Å²) < 4.78 is 4.81. The first kappa shape index (κ1) is 11.0. The summed E-state index contributed by atoms with van der Waals surface area (Å²) in [6, 6.07) is 1.49. The molecule has 0 saturated carbocycles. The van der Waals surface area contributed by atoms with Gasteiger partial charge in [0.25, 0.3) is 0 Å². The number of rotatable bonds is 2. The SMILES string of the molecule is COC(=O)c1cc(NC(C)=O)sc1Cl. The Morgan fingerprint density at radius 1 is 1.57 bits per heavy atom. The molecule has 1 aromatic heterocycles. The van der Waals surface area contributed by atoms with E-state index in [1.165, 1.54) is 20.1 Å². The van der Waals surface area contributed by atoms with Crippen molar-refractivity contribution >= 4 is 39.8 Å². The summed E-state index contributed by atoms with van der Waals surface area (Å²) in [5, 5.41) is 3.06. The van der Waals surface area contributed by atoms with E-state index in [2.05, 4.69) is 10.1 Å². The average molecular weight is 234 g/mol. The zero-order valence-corrected chi connectivity index (χ0v) is 9.16. The molecule has 1 aromatic rings. The van der Waals surface area contributed by atoms with Crippen LogP contribution in [0.1, 0.15) is 17.3 Å². The van der Waals surface area contributed by atoms with Gasteiger partial charge in [-0.2, -0.15) is 0 Å². The smallest absolute Gasteiger partial charge is 0.340 e. The van der Waals surface area contributed by atoms with E-state index in [1.54, 1.807) is 0 Å². The first-order valence-corrected chi connectivity index (χ1v) is 4.89. The third-order valence-corrected chi connectivity index (χ3v) is 2.67. The first-order chi connectivity index (χ1) is 6.54. The third kappa shape index (κ3) is 2.46. The van der Waals surface area contributed by atoms with Crippen LogP contribution >= 0.6 is 22.9 Å². The van der Waals surface area contributed by atoms with Crippen molar-refractivity contribution in [2.75, 3.05) is 12.4 Å². The second-order valence-electron chi connectivity index (χ2n) is 2.47. The predicted molar refractivity (Wildman–Crippen MR) is 55.0 cm³/mol. The second kappa shape index (κ2) is 4.43. The number of nitrogens with one attached hydrogen (secondary N) is 1. The Labute approximate surface area is 89.8 Å². The molecule has 0 atom stereocenters. The van der Waals surface area contributed by atoms with Gasteiger partial charge in [-0.15, -0.1) is 11.3 Å². The lowest BCUT2D eigenvalue weighted by atomic mass is 10.3. The summed E-state index contributed by atoms with van der Waals surface area (Å²) in [5.41, 5.74) is 0.267. The van der Waals surface area contributed by atoms with Crippen molar-refractivity contribution in [2.45, 2.75) is 6.92 Å². The number of hydrogen-bond acceptors (Lipinski definition) is 4. The van der Waals surface area contributed by atoms with Crippen LogP contribution in [-0.4, -0.2) is 19.0 Å². The van der Waals surface area contributed by atoms with Gasteiger partial charge in [0.1, 0.15) is 4.34 Å². The highest BCUT2D eigenvalue weighted by atomic mass is 35.5. The number of amides is 1. The van der Waals surface area contributed by atoms with Gasteiger partial charge in [-0.05, 0) is 6.07 Å². The zero-order chi connectivity index (χ0) is 10.7. The van der Waals surface area contributed by atoms with Gasteiger partial charge in [0, 0.05) is 6.92 Å². The van der Waals surface area contributed by atoms with Crippen LogP contribution in [0.15, 0.2) is 6.07 Å². The number of anilines is 1. The van der Waals surface area contributed by atoms with Gasteiger partial charge in [0.2, 0.25) is 5.91 Å². The van der Waals surface area contributed by atoms with Gasteiger partial charge in [-0.1, -0.05) is 11.6 Å². The summed E-state index contributed by atoms with van der Waals surface area (Å²) in [6.45, 7) is 1.38. The van der Waals surface area contributed by atoms with E-state index in [1.807, 2.05) is 0 Å². The van der Waals surface area contributed by atoms with E-state index in [4.69, 9.17) is 11.6 Å². The number of esters is 1. The Hall–Kier alpha value is -1.07. The largest absolute Gasteiger partial charge is 0.465 e. The minimum atomic E-state index is -0.511. The van der Waals surface area contributed by atoms with Crippen molar-refractivity contribution in [2.24, 2.45) is 0 Å². The molecular formula is C8H8ClNO3S. The van der Waals surface area contributed by atoms with E-state index in [9.17, 15) is 9.59 Å². The van der Waals surface area contributed by atoms with Crippen LogP contribution in [-0.2, 0) is 9.53 Å². The lowest BCUT2D eigenvalue weighted by Crippen LogP contribution is -2.04. The van der Waals surface area contributed by atoms with Crippen molar-refractivity contribution in [1.82, 2.24) is 0 Å². The van der Waals surface area contributed by atoms with Crippen LogP contribution in [0.4, 0.5) is 5.00 Å². The number of carbonyl (C=O) groups is 2. The van der Waals surface area contributed by atoms with Crippen molar-refractivity contribution in [3.05, 3.63) is 16.0 Å². The molecule has 76 valence electrons. The van der Waals surface area contributed by atoms with E-state index in [0.29, 0.717) is 9.34 Å². The highest BCUT2D eigenvalue weighted by molar-refractivity contribution is 7.20. The Kier molecular flexibility index (Phi) is 3.49. The molecule has 0 unspecified atom stereocenters. The molecule has 0 aromatic carbocycles. The van der Waals surface area contributed by atoms with Gasteiger partial charge in [-0.25, -0.2) is 4.79 Å². The van der Waals surface area contributed by atoms with Gasteiger partial charge in [0.15, 0.2) is 0 Å². The monoisotopic (exact) mass is 233 g/mol. The third-order valence-electron chi connectivity index (χ3n) is 1.39. The fourth-order valence-corrected chi connectivity index (χ4v) is 2.05. The summed E-state index contributed by atoms with van der Waals surface area (Å²) in [7, 11) is 1.27. The van der Waals surface area contributed by atoms with Crippen molar-refractivity contribution in [3.63, 3.8) is 0 Å². The van der Waals surface area contributed by atoms with E-state index >= 15 is 0 Å². The first-order valence-electron chi connectivity index (χ1n) is 3.70. The quantitative estimate of drug-likeness (QED) is 0.797. The summed E-state index contributed by atoms with van der Waals surface area (Å²) >= 11 is 6.89. The molecule has 1 heterocycles. The number of hydrogen-bond donors (Lipinski definition) is 1. The molecule has 0 aliphatic carbocycles. The molecule has 1 amide bonds. The molecule has 0 fully saturated rings.